The summed E-state index contributed by atoms with van der Waals surface area (Å²) in [5.74, 6) is 0.677. The third-order valence-electron chi connectivity index (χ3n) is 2.44. The van der Waals surface area contributed by atoms with E-state index >= 15 is 0 Å². The molecule has 6 heteroatoms. The summed E-state index contributed by atoms with van der Waals surface area (Å²) in [4.78, 5) is 15.9. The minimum Gasteiger partial charge on any atom is -0.497 e. The van der Waals surface area contributed by atoms with E-state index in [2.05, 4.69) is 4.98 Å². The molecule has 0 fully saturated rings. The lowest BCUT2D eigenvalue weighted by Crippen LogP contribution is -2.22. The average molecular weight is 357 g/mol. The smallest absolute Gasteiger partial charge is 0.267 e. The second-order valence-corrected chi connectivity index (χ2v) is 4.95. The van der Waals surface area contributed by atoms with Crippen LogP contribution in [-0.4, -0.2) is 16.7 Å². The third-order valence-corrected chi connectivity index (χ3v) is 3.18. The van der Waals surface area contributed by atoms with E-state index in [9.17, 15) is 4.79 Å². The van der Waals surface area contributed by atoms with Gasteiger partial charge in [-0.25, -0.2) is 4.98 Å². The number of nitrogen functional groups attached to an aromatic ring is 1. The van der Waals surface area contributed by atoms with E-state index in [0.29, 0.717) is 21.6 Å². The first kappa shape index (κ1) is 12.9. The van der Waals surface area contributed by atoms with Gasteiger partial charge in [0.2, 0.25) is 0 Å². The first-order valence-electron chi connectivity index (χ1n) is 5.23. The summed E-state index contributed by atoms with van der Waals surface area (Å²) >= 11 is 1.97. The van der Waals surface area contributed by atoms with Crippen LogP contribution in [0, 0.1) is 3.57 Å². The van der Waals surface area contributed by atoms with E-state index in [1.54, 1.807) is 19.4 Å². The maximum Gasteiger partial charge on any atom is 0.267 e. The zero-order valence-corrected chi connectivity index (χ0v) is 11.9. The highest BCUT2D eigenvalue weighted by Gasteiger charge is 2.04. The van der Waals surface area contributed by atoms with Crippen molar-refractivity contribution in [3.63, 3.8) is 0 Å². The maximum atomic E-state index is 11.9. The third kappa shape index (κ3) is 2.81. The van der Waals surface area contributed by atoms with Crippen molar-refractivity contribution in [3.8, 4) is 5.75 Å². The molecule has 0 aliphatic carbocycles. The van der Waals surface area contributed by atoms with Crippen LogP contribution in [0.15, 0.2) is 35.5 Å². The van der Waals surface area contributed by atoms with Crippen molar-refractivity contribution < 1.29 is 4.74 Å². The molecule has 0 unspecified atom stereocenters. The van der Waals surface area contributed by atoms with Gasteiger partial charge in [0.25, 0.3) is 5.56 Å². The van der Waals surface area contributed by atoms with Crippen LogP contribution in [0.4, 0.5) is 5.69 Å². The first-order chi connectivity index (χ1) is 8.60. The number of aromatic nitrogens is 2. The van der Waals surface area contributed by atoms with E-state index in [0.717, 1.165) is 5.56 Å². The van der Waals surface area contributed by atoms with Crippen molar-refractivity contribution in [1.82, 2.24) is 9.55 Å². The number of nitrogens with zero attached hydrogens (tertiary/aromatic N) is 2. The fourth-order valence-corrected chi connectivity index (χ4v) is 2.10. The van der Waals surface area contributed by atoms with Gasteiger partial charge in [-0.05, 0) is 40.3 Å². The zero-order chi connectivity index (χ0) is 13.1. The monoisotopic (exact) mass is 357 g/mol. The summed E-state index contributed by atoms with van der Waals surface area (Å²) < 4.78 is 7.27. The molecule has 1 aromatic heterocycles. The fraction of sp³-hybridized carbons (Fsp3) is 0.167. The van der Waals surface area contributed by atoms with Gasteiger partial charge in [0.1, 0.15) is 5.75 Å². The lowest BCUT2D eigenvalue weighted by atomic mass is 10.2. The summed E-state index contributed by atoms with van der Waals surface area (Å²) in [6.07, 6.45) is 3.06. The minimum absolute atomic E-state index is 0.0630. The average Bonchev–Trinajstić information content (AvgIpc) is 2.34. The van der Waals surface area contributed by atoms with Crippen LogP contribution in [0.5, 0.6) is 5.75 Å². The molecule has 0 radical (unpaired) electrons. The Morgan fingerprint density at radius 3 is 2.94 bits per heavy atom. The van der Waals surface area contributed by atoms with Crippen molar-refractivity contribution in [2.24, 2.45) is 0 Å². The van der Waals surface area contributed by atoms with Gasteiger partial charge in [-0.1, -0.05) is 0 Å². The number of hydrogen-bond donors (Lipinski definition) is 1. The van der Waals surface area contributed by atoms with Gasteiger partial charge >= 0.3 is 0 Å². The molecule has 2 N–H and O–H groups in total. The van der Waals surface area contributed by atoms with Gasteiger partial charge in [-0.15, -0.1) is 0 Å². The van der Waals surface area contributed by atoms with Crippen LogP contribution >= 0.6 is 22.6 Å². The molecule has 0 atom stereocenters. The van der Waals surface area contributed by atoms with Gasteiger partial charge in [0.05, 0.1) is 23.6 Å². The molecular weight excluding hydrogens is 345 g/mol. The second kappa shape index (κ2) is 5.38. The van der Waals surface area contributed by atoms with E-state index in [-0.39, 0.29) is 5.56 Å². The van der Waals surface area contributed by atoms with Gasteiger partial charge in [0, 0.05) is 18.0 Å². The Morgan fingerprint density at radius 2 is 2.22 bits per heavy atom. The van der Waals surface area contributed by atoms with Crippen LogP contribution in [-0.2, 0) is 6.54 Å². The molecule has 94 valence electrons. The number of halogens is 1. The van der Waals surface area contributed by atoms with Crippen molar-refractivity contribution in [2.45, 2.75) is 6.54 Å². The molecule has 0 amide bonds. The molecule has 0 saturated heterocycles. The summed E-state index contributed by atoms with van der Waals surface area (Å²) in [5, 5.41) is 0. The highest BCUT2D eigenvalue weighted by atomic mass is 127. The van der Waals surface area contributed by atoms with Gasteiger partial charge in [-0.2, -0.15) is 0 Å². The minimum atomic E-state index is -0.0630. The molecule has 2 aromatic rings. The Hall–Kier alpha value is -1.57. The maximum absolute atomic E-state index is 11.9. The highest BCUT2D eigenvalue weighted by Crippen LogP contribution is 2.18. The summed E-state index contributed by atoms with van der Waals surface area (Å²) in [6, 6.07) is 5.40. The van der Waals surface area contributed by atoms with Crippen LogP contribution < -0.4 is 16.0 Å². The molecule has 0 spiro atoms. The van der Waals surface area contributed by atoms with E-state index < -0.39 is 0 Å². The Balaban J connectivity index is 2.37. The molecular formula is C12H12IN3O2. The summed E-state index contributed by atoms with van der Waals surface area (Å²) in [7, 11) is 1.58. The van der Waals surface area contributed by atoms with E-state index in [1.165, 1.54) is 10.9 Å². The summed E-state index contributed by atoms with van der Waals surface area (Å²) in [5.41, 5.74) is 7.22. The van der Waals surface area contributed by atoms with Crippen molar-refractivity contribution >= 4 is 28.3 Å². The van der Waals surface area contributed by atoms with Crippen molar-refractivity contribution in [1.29, 1.82) is 0 Å². The van der Waals surface area contributed by atoms with Crippen LogP contribution in [0.3, 0.4) is 0 Å². The first-order valence-corrected chi connectivity index (χ1v) is 6.31. The van der Waals surface area contributed by atoms with Gasteiger partial charge in [-0.3, -0.25) is 9.36 Å². The largest absolute Gasteiger partial charge is 0.497 e. The molecule has 1 aromatic carbocycles. The topological polar surface area (TPSA) is 70.1 Å². The molecule has 0 bridgehead atoms. The normalized spacial score (nSPS) is 10.3. The molecule has 1 heterocycles. The number of nitrogens with two attached hydrogens (primary N) is 1. The molecule has 2 rings (SSSR count). The standard InChI is InChI=1S/C12H12IN3O2/c1-18-10-3-8(2-9(14)4-10)6-16-7-15-5-11(13)12(16)17/h2-5,7H,6,14H2,1H3. The summed E-state index contributed by atoms with van der Waals surface area (Å²) in [6.45, 7) is 0.421. The number of methoxy groups -OCH3 is 1. The highest BCUT2D eigenvalue weighted by molar-refractivity contribution is 14.1. The van der Waals surface area contributed by atoms with Crippen LogP contribution in [0.25, 0.3) is 0 Å². The van der Waals surface area contributed by atoms with Gasteiger partial charge < -0.3 is 10.5 Å². The van der Waals surface area contributed by atoms with E-state index in [1.807, 2.05) is 34.7 Å². The SMILES string of the molecule is COc1cc(N)cc(Cn2cncc(I)c2=O)c1. The van der Waals surface area contributed by atoms with Crippen molar-refractivity contribution in [3.05, 3.63) is 50.2 Å². The molecule has 0 aliphatic heterocycles. The Labute approximate surface area is 118 Å². The predicted molar refractivity (Wildman–Crippen MR) is 77.7 cm³/mol. The molecule has 0 aliphatic rings. The number of hydrogen-bond acceptors (Lipinski definition) is 4. The molecule has 0 saturated carbocycles. The second-order valence-electron chi connectivity index (χ2n) is 3.79. The Kier molecular flexibility index (Phi) is 3.85. The fourth-order valence-electron chi connectivity index (χ4n) is 1.63. The van der Waals surface area contributed by atoms with Gasteiger partial charge in [0.15, 0.2) is 0 Å². The Bertz CT molecular complexity index is 625. The molecule has 18 heavy (non-hydrogen) atoms. The quantitative estimate of drug-likeness (QED) is 0.668. The lowest BCUT2D eigenvalue weighted by molar-refractivity contribution is 0.414. The zero-order valence-electron chi connectivity index (χ0n) is 9.76. The number of rotatable bonds is 3. The number of ether oxygens (including phenoxy) is 1. The van der Waals surface area contributed by atoms with Crippen molar-refractivity contribution in [2.75, 3.05) is 12.8 Å². The lowest BCUT2D eigenvalue weighted by Gasteiger charge is -2.08. The molecule has 5 nitrogen and oxygen atoms in total. The van der Waals surface area contributed by atoms with Crippen LogP contribution in [0.2, 0.25) is 0 Å². The van der Waals surface area contributed by atoms with Crippen LogP contribution in [0.1, 0.15) is 5.56 Å². The Morgan fingerprint density at radius 1 is 1.44 bits per heavy atom. The number of benzene rings is 1. The predicted octanol–water partition coefficient (Wildman–Crippen LogP) is 1.49. The van der Waals surface area contributed by atoms with E-state index in [4.69, 9.17) is 10.5 Å². The number of anilines is 1.